The van der Waals surface area contributed by atoms with Gasteiger partial charge in [-0.05, 0) is 73.8 Å². The third-order valence-electron chi connectivity index (χ3n) is 7.80. The first-order chi connectivity index (χ1) is 18.6. The molecule has 5 rings (SSSR count). The topological polar surface area (TPSA) is 109 Å². The Morgan fingerprint density at radius 3 is 2.69 bits per heavy atom. The molecule has 2 aliphatic carbocycles. The molecular formula is C29H32N2O6S2. The maximum absolute atomic E-state index is 13.3. The van der Waals surface area contributed by atoms with Crippen molar-refractivity contribution in [3.05, 3.63) is 46.6 Å². The molecule has 2 N–H and O–H groups in total. The number of fused-ring (bicyclic) bond motifs is 2. The number of thioether (sulfide) groups is 1. The van der Waals surface area contributed by atoms with Crippen molar-refractivity contribution in [3.63, 3.8) is 0 Å². The lowest BCUT2D eigenvalue weighted by atomic mass is 9.94. The number of amides is 2. The fourth-order valence-corrected chi connectivity index (χ4v) is 7.33. The second kappa shape index (κ2) is 11.2. The summed E-state index contributed by atoms with van der Waals surface area (Å²) >= 11 is 6.90. The van der Waals surface area contributed by atoms with Crippen LogP contribution >= 0.6 is 24.0 Å². The summed E-state index contributed by atoms with van der Waals surface area (Å²) in [5.41, 5.74) is 0.820. The number of nitrogens with zero attached hydrogens (tertiary/aromatic N) is 1. The van der Waals surface area contributed by atoms with E-state index >= 15 is 0 Å². The summed E-state index contributed by atoms with van der Waals surface area (Å²) in [7, 11) is 1.45. The van der Waals surface area contributed by atoms with E-state index in [9.17, 15) is 19.5 Å². The largest absolute Gasteiger partial charge is 0.496 e. The number of benzene rings is 1. The summed E-state index contributed by atoms with van der Waals surface area (Å²) in [5, 5.41) is 12.1. The van der Waals surface area contributed by atoms with E-state index in [0.29, 0.717) is 50.3 Å². The summed E-state index contributed by atoms with van der Waals surface area (Å²) in [6.07, 6.45) is 6.68. The van der Waals surface area contributed by atoms with Crippen LogP contribution in [0.1, 0.15) is 62.1 Å². The lowest BCUT2D eigenvalue weighted by Gasteiger charge is -2.30. The fraction of sp³-hybridized carbons (Fsp3) is 0.448. The minimum atomic E-state index is -1.09. The van der Waals surface area contributed by atoms with Gasteiger partial charge < -0.3 is 19.6 Å². The van der Waals surface area contributed by atoms with Gasteiger partial charge in [0.15, 0.2) is 0 Å². The molecule has 2 heterocycles. The van der Waals surface area contributed by atoms with E-state index in [2.05, 4.69) is 5.32 Å². The summed E-state index contributed by atoms with van der Waals surface area (Å²) in [5.74, 6) is 0.981. The first-order valence-corrected chi connectivity index (χ1v) is 14.5. The van der Waals surface area contributed by atoms with Crippen molar-refractivity contribution in [1.82, 2.24) is 10.2 Å². The number of rotatable bonds is 9. The molecule has 8 nitrogen and oxygen atoms in total. The van der Waals surface area contributed by atoms with E-state index in [4.69, 9.17) is 21.4 Å². The van der Waals surface area contributed by atoms with Crippen LogP contribution in [0, 0.1) is 17.8 Å². The maximum Gasteiger partial charge on any atom is 0.326 e. The number of nitrogens with one attached hydrogen (secondary N) is 1. The van der Waals surface area contributed by atoms with Crippen LogP contribution in [0.2, 0.25) is 0 Å². The number of carbonyl (C=O) groups excluding carboxylic acids is 2. The normalized spacial score (nSPS) is 24.2. The van der Waals surface area contributed by atoms with Gasteiger partial charge >= 0.3 is 5.97 Å². The molecule has 10 heteroatoms. The molecule has 0 radical (unpaired) electrons. The van der Waals surface area contributed by atoms with Crippen LogP contribution in [0.15, 0.2) is 39.7 Å². The van der Waals surface area contributed by atoms with Crippen LogP contribution in [-0.4, -0.2) is 51.3 Å². The highest BCUT2D eigenvalue weighted by Gasteiger charge is 2.48. The van der Waals surface area contributed by atoms with Crippen LogP contribution < -0.4 is 10.1 Å². The Labute approximate surface area is 237 Å². The number of aliphatic carboxylic acids is 1. The van der Waals surface area contributed by atoms with Gasteiger partial charge in [-0.3, -0.25) is 14.5 Å². The van der Waals surface area contributed by atoms with E-state index < -0.39 is 17.9 Å². The summed E-state index contributed by atoms with van der Waals surface area (Å²) in [6.45, 7) is 3.79. The number of hydrogen-bond acceptors (Lipinski definition) is 7. The van der Waals surface area contributed by atoms with Crippen molar-refractivity contribution in [1.29, 1.82) is 0 Å². The van der Waals surface area contributed by atoms with Crippen molar-refractivity contribution in [2.24, 2.45) is 17.8 Å². The first kappa shape index (κ1) is 27.5. The lowest BCUT2D eigenvalue weighted by molar-refractivity contribution is -0.139. The third-order valence-corrected chi connectivity index (χ3v) is 9.13. The third kappa shape index (κ3) is 5.63. The number of carboxylic acid groups (broad SMARTS) is 1. The number of furan rings is 1. The van der Waals surface area contributed by atoms with Gasteiger partial charge in [0.2, 0.25) is 0 Å². The molecule has 3 fully saturated rings. The molecule has 1 aliphatic heterocycles. The van der Waals surface area contributed by atoms with Crippen LogP contribution in [0.4, 0.5) is 0 Å². The molecule has 1 saturated heterocycles. The molecule has 3 aliphatic rings. The predicted octanol–water partition coefficient (Wildman–Crippen LogP) is 5.57. The molecule has 0 spiro atoms. The monoisotopic (exact) mass is 568 g/mol. The minimum Gasteiger partial charge on any atom is -0.496 e. The van der Waals surface area contributed by atoms with Gasteiger partial charge in [-0.15, -0.1) is 0 Å². The van der Waals surface area contributed by atoms with E-state index in [1.165, 1.54) is 38.1 Å². The molecule has 206 valence electrons. The number of carboxylic acids is 1. The van der Waals surface area contributed by atoms with Crippen molar-refractivity contribution < 1.29 is 28.6 Å². The summed E-state index contributed by atoms with van der Waals surface area (Å²) in [4.78, 5) is 40.3. The van der Waals surface area contributed by atoms with Crippen molar-refractivity contribution >= 4 is 52.2 Å². The average Bonchev–Trinajstić information content (AvgIpc) is 3.68. The Hall–Kier alpha value is -3.11. The Morgan fingerprint density at radius 1 is 1.26 bits per heavy atom. The Balaban J connectivity index is 1.34. The van der Waals surface area contributed by atoms with E-state index in [0.717, 1.165) is 6.42 Å². The number of carbonyl (C=O) groups is 3. The van der Waals surface area contributed by atoms with Gasteiger partial charge in [-0.25, -0.2) is 4.79 Å². The quantitative estimate of drug-likeness (QED) is 0.298. The summed E-state index contributed by atoms with van der Waals surface area (Å²) in [6, 6.07) is 7.75. The minimum absolute atomic E-state index is 0.0571. The maximum atomic E-state index is 13.3. The number of thiocarbonyl (C=S) groups is 1. The predicted molar refractivity (Wildman–Crippen MR) is 153 cm³/mol. The zero-order chi connectivity index (χ0) is 27.8. The molecule has 1 aromatic carbocycles. The SMILES string of the molecule is COc1ccc(-c2ccc(C=C3SC(=S)N(C4CC5CCC4C5)C3=O)o2)cc1C(=O)N[C@@H](CC(C)C)C(=O)O. The summed E-state index contributed by atoms with van der Waals surface area (Å²) < 4.78 is 12.0. The van der Waals surface area contributed by atoms with E-state index in [-0.39, 0.29) is 23.4 Å². The van der Waals surface area contributed by atoms with Crippen molar-refractivity contribution in [2.75, 3.05) is 7.11 Å². The smallest absolute Gasteiger partial charge is 0.326 e. The van der Waals surface area contributed by atoms with Crippen LogP contribution in [0.3, 0.4) is 0 Å². The highest BCUT2D eigenvalue weighted by molar-refractivity contribution is 8.26. The Bertz CT molecular complexity index is 1350. The zero-order valence-electron chi connectivity index (χ0n) is 22.1. The highest BCUT2D eigenvalue weighted by Crippen LogP contribution is 2.49. The Kier molecular flexibility index (Phi) is 7.87. The first-order valence-electron chi connectivity index (χ1n) is 13.2. The molecular weight excluding hydrogens is 536 g/mol. The molecule has 4 atom stereocenters. The molecule has 2 bridgehead atoms. The number of ether oxygens (including phenoxy) is 1. The van der Waals surface area contributed by atoms with E-state index in [1.807, 2.05) is 18.7 Å². The molecule has 2 saturated carbocycles. The van der Waals surface area contributed by atoms with Crippen molar-refractivity contribution in [3.8, 4) is 17.1 Å². The van der Waals surface area contributed by atoms with Gasteiger partial charge in [0.25, 0.3) is 11.8 Å². The van der Waals surface area contributed by atoms with Crippen LogP contribution in [-0.2, 0) is 9.59 Å². The van der Waals surface area contributed by atoms with Crippen molar-refractivity contribution in [2.45, 2.75) is 58.0 Å². The molecule has 2 amide bonds. The average molecular weight is 569 g/mol. The highest BCUT2D eigenvalue weighted by atomic mass is 32.2. The Morgan fingerprint density at radius 2 is 2.05 bits per heavy atom. The molecule has 3 unspecified atom stereocenters. The standard InChI is InChI=1S/C29H32N2O6S2/c1-15(2)10-21(28(34)35)30-26(32)20-13-18(6-8-24(20)36-3)23-9-7-19(37-23)14-25-27(33)31(29(38)39-25)22-12-16-4-5-17(22)11-16/h6-9,13-17,21-22H,4-5,10-12H2,1-3H3,(H,30,32)(H,34,35)/t16?,17?,21-,22?/m0/s1. The molecule has 39 heavy (non-hydrogen) atoms. The molecule has 2 aromatic rings. The lowest BCUT2D eigenvalue weighted by Crippen LogP contribution is -2.41. The van der Waals surface area contributed by atoms with Gasteiger partial charge in [0.1, 0.15) is 27.6 Å². The van der Waals surface area contributed by atoms with Crippen LogP contribution in [0.25, 0.3) is 17.4 Å². The van der Waals surface area contributed by atoms with Gasteiger partial charge in [0, 0.05) is 17.7 Å². The van der Waals surface area contributed by atoms with Gasteiger partial charge in [-0.2, -0.15) is 0 Å². The van der Waals surface area contributed by atoms with Gasteiger partial charge in [0.05, 0.1) is 17.6 Å². The number of hydrogen-bond donors (Lipinski definition) is 2. The van der Waals surface area contributed by atoms with Gasteiger partial charge in [-0.1, -0.05) is 44.2 Å². The fourth-order valence-electron chi connectivity index (χ4n) is 5.98. The van der Waals surface area contributed by atoms with E-state index in [1.54, 1.807) is 36.4 Å². The number of methoxy groups -OCH3 is 1. The molecule has 1 aromatic heterocycles. The second-order valence-corrected chi connectivity index (χ2v) is 12.6. The second-order valence-electron chi connectivity index (χ2n) is 10.9. The zero-order valence-corrected chi connectivity index (χ0v) is 23.8. The van der Waals surface area contributed by atoms with Crippen LogP contribution in [0.5, 0.6) is 5.75 Å².